The van der Waals surface area contributed by atoms with Crippen LogP contribution in [0.1, 0.15) is 56.1 Å². The molecule has 1 atom stereocenters. The minimum absolute atomic E-state index is 0.0485. The smallest absolute Gasteiger partial charge is 0.271 e. The molecule has 4 nitrogen and oxygen atoms in total. The largest absolute Gasteiger partial charge is 0.476 e. The number of amides is 1. The van der Waals surface area contributed by atoms with E-state index in [1.54, 1.807) is 36.9 Å². The summed E-state index contributed by atoms with van der Waals surface area (Å²) >= 11 is 0. The quantitative estimate of drug-likeness (QED) is 0.769. The molecule has 1 aliphatic rings. The number of Topliss-reactive ketones (excluding diaryl/α,β-unsaturated/α-hetero) is 1. The standard InChI is InChI=1S/C21H23NO3/c1-5-18(23)16-11-12-19-17(13-16)22(20(24)21(3,4)25-19)14(2)15-9-7-6-8-10-15/h6-14H,5H2,1-4H3. The molecule has 0 aliphatic carbocycles. The van der Waals surface area contributed by atoms with E-state index in [-0.39, 0.29) is 17.7 Å². The second-order valence-corrected chi connectivity index (χ2v) is 6.83. The maximum absolute atomic E-state index is 13.1. The van der Waals surface area contributed by atoms with Crippen LogP contribution >= 0.6 is 0 Å². The van der Waals surface area contributed by atoms with Crippen molar-refractivity contribution < 1.29 is 14.3 Å². The Bertz CT molecular complexity index is 811. The van der Waals surface area contributed by atoms with Gasteiger partial charge in [0.05, 0.1) is 11.7 Å². The number of hydrogen-bond acceptors (Lipinski definition) is 3. The van der Waals surface area contributed by atoms with Gasteiger partial charge in [-0.2, -0.15) is 0 Å². The van der Waals surface area contributed by atoms with Crippen molar-refractivity contribution in [2.45, 2.75) is 45.8 Å². The van der Waals surface area contributed by atoms with Crippen LogP contribution in [-0.2, 0) is 4.79 Å². The lowest BCUT2D eigenvalue weighted by molar-refractivity contribution is -0.133. The fraction of sp³-hybridized carbons (Fsp3) is 0.333. The molecule has 3 rings (SSSR count). The summed E-state index contributed by atoms with van der Waals surface area (Å²) in [5.41, 5.74) is 1.33. The molecule has 1 unspecified atom stereocenters. The molecular weight excluding hydrogens is 314 g/mol. The molecule has 0 N–H and O–H groups in total. The van der Waals surface area contributed by atoms with Crippen LogP contribution in [-0.4, -0.2) is 17.3 Å². The van der Waals surface area contributed by atoms with Gasteiger partial charge in [0.2, 0.25) is 0 Å². The first-order chi connectivity index (χ1) is 11.8. The second kappa shape index (κ2) is 6.36. The molecule has 2 aromatic rings. The molecule has 0 fully saturated rings. The van der Waals surface area contributed by atoms with Crippen LogP contribution in [0.15, 0.2) is 48.5 Å². The lowest BCUT2D eigenvalue weighted by Gasteiger charge is -2.42. The van der Waals surface area contributed by atoms with E-state index in [1.165, 1.54) is 0 Å². The van der Waals surface area contributed by atoms with Crippen molar-refractivity contribution >= 4 is 17.4 Å². The number of ether oxygens (including phenoxy) is 1. The Balaban J connectivity index is 2.13. The van der Waals surface area contributed by atoms with Gasteiger partial charge in [-0.25, -0.2) is 0 Å². The van der Waals surface area contributed by atoms with Crippen LogP contribution in [0.5, 0.6) is 5.75 Å². The molecule has 0 radical (unpaired) electrons. The minimum atomic E-state index is -0.952. The molecule has 25 heavy (non-hydrogen) atoms. The molecule has 1 aliphatic heterocycles. The van der Waals surface area contributed by atoms with Crippen molar-refractivity contribution in [1.82, 2.24) is 0 Å². The van der Waals surface area contributed by atoms with Gasteiger partial charge in [-0.15, -0.1) is 0 Å². The Morgan fingerprint density at radius 3 is 2.48 bits per heavy atom. The summed E-state index contributed by atoms with van der Waals surface area (Å²) in [6, 6.07) is 15.0. The molecule has 1 amide bonds. The Labute approximate surface area is 148 Å². The number of nitrogens with zero attached hydrogens (tertiary/aromatic N) is 1. The third kappa shape index (κ3) is 3.04. The van der Waals surface area contributed by atoms with Gasteiger partial charge in [-0.3, -0.25) is 14.5 Å². The normalized spacial score (nSPS) is 16.8. The van der Waals surface area contributed by atoms with Crippen LogP contribution in [0.3, 0.4) is 0 Å². The van der Waals surface area contributed by atoms with Crippen LogP contribution in [0.4, 0.5) is 5.69 Å². The van der Waals surface area contributed by atoms with Gasteiger partial charge < -0.3 is 4.74 Å². The Morgan fingerprint density at radius 1 is 1.16 bits per heavy atom. The predicted octanol–water partition coefficient (Wildman–Crippen LogP) is 4.54. The van der Waals surface area contributed by atoms with Crippen molar-refractivity contribution in [3.05, 3.63) is 59.7 Å². The highest BCUT2D eigenvalue weighted by Crippen LogP contribution is 2.42. The predicted molar refractivity (Wildman–Crippen MR) is 98.1 cm³/mol. The highest BCUT2D eigenvalue weighted by molar-refractivity contribution is 6.05. The number of ketones is 1. The molecule has 0 saturated carbocycles. The Kier molecular flexibility index (Phi) is 4.38. The van der Waals surface area contributed by atoms with E-state index < -0.39 is 5.60 Å². The van der Waals surface area contributed by atoms with E-state index in [0.717, 1.165) is 5.56 Å². The van der Waals surface area contributed by atoms with Crippen LogP contribution in [0.2, 0.25) is 0 Å². The zero-order valence-corrected chi connectivity index (χ0v) is 15.1. The zero-order valence-electron chi connectivity index (χ0n) is 15.1. The van der Waals surface area contributed by atoms with Gasteiger partial charge in [-0.05, 0) is 44.5 Å². The number of hydrogen-bond donors (Lipinski definition) is 0. The van der Waals surface area contributed by atoms with E-state index in [4.69, 9.17) is 4.74 Å². The summed E-state index contributed by atoms with van der Waals surface area (Å²) < 4.78 is 5.91. The summed E-state index contributed by atoms with van der Waals surface area (Å²) in [6.07, 6.45) is 0.424. The van der Waals surface area contributed by atoms with E-state index in [9.17, 15) is 9.59 Å². The molecule has 0 aromatic heterocycles. The average molecular weight is 337 g/mol. The summed E-state index contributed by atoms with van der Waals surface area (Å²) in [7, 11) is 0. The van der Waals surface area contributed by atoms with Crippen molar-refractivity contribution in [1.29, 1.82) is 0 Å². The third-order valence-corrected chi connectivity index (χ3v) is 4.63. The molecule has 1 heterocycles. The third-order valence-electron chi connectivity index (χ3n) is 4.63. The molecule has 0 spiro atoms. The number of rotatable bonds is 4. The van der Waals surface area contributed by atoms with Crippen molar-refractivity contribution in [3.8, 4) is 5.75 Å². The van der Waals surface area contributed by atoms with Gasteiger partial charge in [0.15, 0.2) is 11.4 Å². The van der Waals surface area contributed by atoms with Gasteiger partial charge in [-0.1, -0.05) is 37.3 Å². The summed E-state index contributed by atoms with van der Waals surface area (Å²) in [4.78, 5) is 27.0. The Morgan fingerprint density at radius 2 is 1.84 bits per heavy atom. The van der Waals surface area contributed by atoms with Crippen LogP contribution in [0, 0.1) is 0 Å². The number of benzene rings is 2. The maximum atomic E-state index is 13.1. The summed E-state index contributed by atoms with van der Waals surface area (Å²) in [5.74, 6) is 0.560. The molecule has 130 valence electrons. The lowest BCUT2D eigenvalue weighted by Crippen LogP contribution is -2.53. The number of anilines is 1. The lowest BCUT2D eigenvalue weighted by atomic mass is 9.97. The monoisotopic (exact) mass is 337 g/mol. The first-order valence-electron chi connectivity index (χ1n) is 8.60. The van der Waals surface area contributed by atoms with Gasteiger partial charge in [0.25, 0.3) is 5.91 Å². The fourth-order valence-corrected chi connectivity index (χ4v) is 3.15. The second-order valence-electron chi connectivity index (χ2n) is 6.83. The maximum Gasteiger partial charge on any atom is 0.271 e. The number of fused-ring (bicyclic) bond motifs is 1. The molecule has 2 aromatic carbocycles. The van der Waals surface area contributed by atoms with E-state index in [0.29, 0.717) is 23.4 Å². The SMILES string of the molecule is CCC(=O)c1ccc2c(c1)N(C(C)c1ccccc1)C(=O)C(C)(C)O2. The Hall–Kier alpha value is -2.62. The summed E-state index contributed by atoms with van der Waals surface area (Å²) in [6.45, 7) is 7.37. The fourth-order valence-electron chi connectivity index (χ4n) is 3.15. The first kappa shape index (κ1) is 17.2. The van der Waals surface area contributed by atoms with Gasteiger partial charge in [0.1, 0.15) is 5.75 Å². The first-order valence-corrected chi connectivity index (χ1v) is 8.60. The number of carbonyl (C=O) groups excluding carboxylic acids is 2. The van der Waals surface area contributed by atoms with Crippen molar-refractivity contribution in [2.24, 2.45) is 0 Å². The van der Waals surface area contributed by atoms with Gasteiger partial charge >= 0.3 is 0 Å². The highest BCUT2D eigenvalue weighted by Gasteiger charge is 2.43. The average Bonchev–Trinajstić information content (AvgIpc) is 2.62. The highest BCUT2D eigenvalue weighted by atomic mass is 16.5. The summed E-state index contributed by atoms with van der Waals surface area (Å²) in [5, 5.41) is 0. The van der Waals surface area contributed by atoms with Gasteiger partial charge in [0, 0.05) is 12.0 Å². The molecular formula is C21H23NO3. The molecule has 4 heteroatoms. The van der Waals surface area contributed by atoms with Crippen LogP contribution < -0.4 is 9.64 Å². The van der Waals surface area contributed by atoms with E-state index >= 15 is 0 Å². The van der Waals surface area contributed by atoms with E-state index in [2.05, 4.69) is 0 Å². The topological polar surface area (TPSA) is 46.6 Å². The van der Waals surface area contributed by atoms with E-state index in [1.807, 2.05) is 44.2 Å². The van der Waals surface area contributed by atoms with Crippen molar-refractivity contribution in [2.75, 3.05) is 4.90 Å². The van der Waals surface area contributed by atoms with Crippen LogP contribution in [0.25, 0.3) is 0 Å². The molecule has 0 bridgehead atoms. The molecule has 0 saturated heterocycles. The van der Waals surface area contributed by atoms with Crippen molar-refractivity contribution in [3.63, 3.8) is 0 Å². The number of carbonyl (C=O) groups is 2. The zero-order chi connectivity index (χ0) is 18.2. The minimum Gasteiger partial charge on any atom is -0.476 e.